The molecule has 0 aromatic rings. The van der Waals surface area contributed by atoms with E-state index in [0.29, 0.717) is 0 Å². The highest BCUT2D eigenvalue weighted by Gasteiger charge is 2.07. The monoisotopic (exact) mass is 178 g/mol. The summed E-state index contributed by atoms with van der Waals surface area (Å²) in [7, 11) is 0. The van der Waals surface area contributed by atoms with Crippen molar-refractivity contribution in [2.45, 2.75) is 31.6 Å². The van der Waals surface area contributed by atoms with Gasteiger partial charge in [-0.15, -0.1) is 0 Å². The molecule has 0 heterocycles. The zero-order chi connectivity index (χ0) is 8.85. The lowest BCUT2D eigenvalue weighted by Crippen LogP contribution is -2.16. The van der Waals surface area contributed by atoms with Crippen LogP contribution in [0.1, 0.15) is 20.3 Å². The first kappa shape index (κ1) is 10.8. The second-order valence-corrected chi connectivity index (χ2v) is 3.47. The predicted molar refractivity (Wildman–Crippen MR) is 45.7 cm³/mol. The molecule has 1 N–H and O–H groups in total. The van der Waals surface area contributed by atoms with Crippen molar-refractivity contribution in [1.29, 1.82) is 0 Å². The number of hydrogen-bond acceptors (Lipinski definition) is 4. The van der Waals surface area contributed by atoms with E-state index < -0.39 is 6.10 Å². The van der Waals surface area contributed by atoms with Crippen LogP contribution in [0.3, 0.4) is 0 Å². The Labute approximate surface area is 72.2 Å². The van der Waals surface area contributed by atoms with Gasteiger partial charge in [0.25, 0.3) is 0 Å². The standard InChI is InChI=1S/C7H14O3S/c1-5(8)4-10-7(9)3-6(2)11/h5-6,8,11H,3-4H2,1-2H3. The van der Waals surface area contributed by atoms with Crippen LogP contribution in [0.25, 0.3) is 0 Å². The Bertz CT molecular complexity index is 123. The van der Waals surface area contributed by atoms with Crippen LogP contribution in [0.4, 0.5) is 0 Å². The van der Waals surface area contributed by atoms with Crippen LogP contribution in [0, 0.1) is 0 Å². The molecule has 2 unspecified atom stereocenters. The molecule has 0 saturated heterocycles. The van der Waals surface area contributed by atoms with Crippen molar-refractivity contribution in [2.24, 2.45) is 0 Å². The summed E-state index contributed by atoms with van der Waals surface area (Å²) >= 11 is 4.02. The van der Waals surface area contributed by atoms with Crippen LogP contribution >= 0.6 is 12.6 Å². The number of ether oxygens (including phenoxy) is 1. The van der Waals surface area contributed by atoms with Crippen LogP contribution in [-0.4, -0.2) is 29.0 Å². The van der Waals surface area contributed by atoms with E-state index in [1.54, 1.807) is 6.92 Å². The Kier molecular flexibility index (Phi) is 5.32. The van der Waals surface area contributed by atoms with E-state index in [1.807, 2.05) is 6.92 Å². The van der Waals surface area contributed by atoms with Crippen LogP contribution in [-0.2, 0) is 9.53 Å². The molecule has 0 radical (unpaired) electrons. The van der Waals surface area contributed by atoms with Gasteiger partial charge in [-0.25, -0.2) is 0 Å². The third kappa shape index (κ3) is 7.68. The number of rotatable bonds is 4. The number of aliphatic hydroxyl groups is 1. The Morgan fingerprint density at radius 1 is 1.64 bits per heavy atom. The highest BCUT2D eigenvalue weighted by Crippen LogP contribution is 2.00. The highest BCUT2D eigenvalue weighted by molar-refractivity contribution is 7.80. The largest absolute Gasteiger partial charge is 0.463 e. The molecular formula is C7H14O3S. The predicted octanol–water partition coefficient (Wildman–Crippen LogP) is 0.619. The summed E-state index contributed by atoms with van der Waals surface area (Å²) in [6.45, 7) is 3.45. The first-order valence-corrected chi connectivity index (χ1v) is 4.05. The molecule has 0 saturated carbocycles. The number of esters is 1. The molecule has 0 fully saturated rings. The van der Waals surface area contributed by atoms with E-state index in [1.165, 1.54) is 0 Å². The van der Waals surface area contributed by atoms with Gasteiger partial charge < -0.3 is 9.84 Å². The van der Waals surface area contributed by atoms with E-state index in [2.05, 4.69) is 17.4 Å². The minimum Gasteiger partial charge on any atom is -0.463 e. The summed E-state index contributed by atoms with van der Waals surface area (Å²) in [5.41, 5.74) is 0. The number of aliphatic hydroxyl groups excluding tert-OH is 1. The van der Waals surface area contributed by atoms with Gasteiger partial charge in [-0.05, 0) is 6.92 Å². The fourth-order valence-electron chi connectivity index (χ4n) is 0.514. The number of carbonyl (C=O) groups excluding carboxylic acids is 1. The topological polar surface area (TPSA) is 46.5 Å². The average molecular weight is 178 g/mol. The molecule has 66 valence electrons. The quantitative estimate of drug-likeness (QED) is 0.490. The van der Waals surface area contributed by atoms with Gasteiger partial charge in [0.05, 0.1) is 12.5 Å². The lowest BCUT2D eigenvalue weighted by molar-refractivity contribution is -0.146. The lowest BCUT2D eigenvalue weighted by atomic mass is 10.3. The Balaban J connectivity index is 3.38. The Morgan fingerprint density at radius 3 is 2.55 bits per heavy atom. The molecule has 0 aliphatic rings. The van der Waals surface area contributed by atoms with Gasteiger partial charge in [0.2, 0.25) is 0 Å². The van der Waals surface area contributed by atoms with Crippen molar-refractivity contribution in [1.82, 2.24) is 0 Å². The first-order valence-electron chi connectivity index (χ1n) is 3.54. The minimum absolute atomic E-state index is 0.0106. The van der Waals surface area contributed by atoms with Gasteiger partial charge in [-0.1, -0.05) is 6.92 Å². The molecule has 0 aromatic carbocycles. The second-order valence-electron chi connectivity index (χ2n) is 2.59. The van der Waals surface area contributed by atoms with Crippen molar-refractivity contribution in [3.63, 3.8) is 0 Å². The summed E-state index contributed by atoms with van der Waals surface area (Å²) in [5, 5.41) is 8.75. The SMILES string of the molecule is CC(O)COC(=O)CC(C)S. The molecule has 11 heavy (non-hydrogen) atoms. The number of carbonyl (C=O) groups is 1. The summed E-state index contributed by atoms with van der Waals surface area (Å²) in [6.07, 6.45) is -0.301. The van der Waals surface area contributed by atoms with Crippen molar-refractivity contribution in [3.05, 3.63) is 0 Å². The lowest BCUT2D eigenvalue weighted by Gasteiger charge is -2.07. The molecular weight excluding hydrogens is 164 g/mol. The van der Waals surface area contributed by atoms with E-state index in [0.717, 1.165) is 0 Å². The third-order valence-corrected chi connectivity index (χ3v) is 1.13. The Morgan fingerprint density at radius 2 is 2.18 bits per heavy atom. The maximum Gasteiger partial charge on any atom is 0.306 e. The van der Waals surface area contributed by atoms with Gasteiger partial charge >= 0.3 is 5.97 Å². The van der Waals surface area contributed by atoms with Crippen molar-refractivity contribution in [3.8, 4) is 0 Å². The van der Waals surface area contributed by atoms with Gasteiger partial charge in [0.1, 0.15) is 6.61 Å². The van der Waals surface area contributed by atoms with E-state index in [-0.39, 0.29) is 24.2 Å². The molecule has 2 atom stereocenters. The maximum atomic E-state index is 10.8. The fraction of sp³-hybridized carbons (Fsp3) is 0.857. The maximum absolute atomic E-state index is 10.8. The van der Waals surface area contributed by atoms with Crippen LogP contribution in [0.5, 0.6) is 0 Å². The number of thiol groups is 1. The molecule has 3 nitrogen and oxygen atoms in total. The summed E-state index contributed by atoms with van der Waals surface area (Å²) < 4.78 is 4.68. The van der Waals surface area contributed by atoms with Gasteiger partial charge in [-0.2, -0.15) is 12.6 Å². The summed E-state index contributed by atoms with van der Waals surface area (Å²) in [5.74, 6) is -0.312. The number of hydrogen-bond donors (Lipinski definition) is 2. The molecule has 4 heteroatoms. The average Bonchev–Trinajstić information content (AvgIpc) is 1.82. The Hall–Kier alpha value is -0.220. The summed E-state index contributed by atoms with van der Waals surface area (Å²) in [4.78, 5) is 10.8. The fourth-order valence-corrected chi connectivity index (χ4v) is 0.663. The molecule has 0 aliphatic carbocycles. The first-order chi connectivity index (χ1) is 5.02. The normalized spacial score (nSPS) is 15.6. The van der Waals surface area contributed by atoms with Crippen molar-refractivity contribution >= 4 is 18.6 Å². The highest BCUT2D eigenvalue weighted by atomic mass is 32.1. The van der Waals surface area contributed by atoms with Crippen LogP contribution < -0.4 is 0 Å². The molecule has 0 bridgehead atoms. The molecule has 0 aliphatic heterocycles. The smallest absolute Gasteiger partial charge is 0.306 e. The zero-order valence-corrected chi connectivity index (χ0v) is 7.67. The zero-order valence-electron chi connectivity index (χ0n) is 6.78. The van der Waals surface area contributed by atoms with E-state index >= 15 is 0 Å². The van der Waals surface area contributed by atoms with Crippen LogP contribution in [0.2, 0.25) is 0 Å². The van der Waals surface area contributed by atoms with Gasteiger partial charge in [0.15, 0.2) is 0 Å². The summed E-state index contributed by atoms with van der Waals surface area (Å²) in [6, 6.07) is 0. The van der Waals surface area contributed by atoms with Gasteiger partial charge in [-0.3, -0.25) is 4.79 Å². The molecule has 0 spiro atoms. The van der Waals surface area contributed by atoms with E-state index in [4.69, 9.17) is 5.11 Å². The molecule has 0 aromatic heterocycles. The second kappa shape index (κ2) is 5.43. The van der Waals surface area contributed by atoms with E-state index in [9.17, 15) is 4.79 Å². The molecule has 0 rings (SSSR count). The van der Waals surface area contributed by atoms with Crippen molar-refractivity contribution < 1.29 is 14.6 Å². The molecule has 0 amide bonds. The van der Waals surface area contributed by atoms with Crippen molar-refractivity contribution in [2.75, 3.05) is 6.61 Å². The minimum atomic E-state index is -0.589. The third-order valence-electron chi connectivity index (χ3n) is 0.948. The van der Waals surface area contributed by atoms with Gasteiger partial charge in [0, 0.05) is 5.25 Å². The van der Waals surface area contributed by atoms with Crippen LogP contribution in [0.15, 0.2) is 0 Å².